The van der Waals surface area contributed by atoms with E-state index in [0.717, 1.165) is 16.5 Å². The van der Waals surface area contributed by atoms with Gasteiger partial charge < -0.3 is 4.98 Å². The van der Waals surface area contributed by atoms with Gasteiger partial charge in [-0.1, -0.05) is 23.7 Å². The van der Waals surface area contributed by atoms with E-state index in [1.54, 1.807) is 30.1 Å². The Kier molecular flexibility index (Phi) is 4.07. The number of H-pyrrole nitrogens is 1. The highest BCUT2D eigenvalue weighted by Crippen LogP contribution is 2.24. The molecule has 0 aliphatic rings. The number of halogens is 1. The van der Waals surface area contributed by atoms with Crippen LogP contribution in [0.4, 0.5) is 0 Å². The maximum Gasteiger partial charge on any atom is 0.298 e. The van der Waals surface area contributed by atoms with Gasteiger partial charge in [0.15, 0.2) is 0 Å². The van der Waals surface area contributed by atoms with Crippen LogP contribution in [0.3, 0.4) is 0 Å². The predicted octanol–water partition coefficient (Wildman–Crippen LogP) is 4.14. The van der Waals surface area contributed by atoms with E-state index in [9.17, 15) is 4.79 Å². The second-order valence-corrected chi connectivity index (χ2v) is 6.77. The van der Waals surface area contributed by atoms with Gasteiger partial charge in [-0.3, -0.25) is 4.79 Å². The minimum absolute atomic E-state index is 0.255. The Morgan fingerprint density at radius 1 is 1.24 bits per heavy atom. The van der Waals surface area contributed by atoms with Gasteiger partial charge in [0, 0.05) is 20.8 Å². The lowest BCUT2D eigenvalue weighted by atomic mass is 10.2. The molecule has 7 heteroatoms. The molecule has 0 saturated carbocycles. The van der Waals surface area contributed by atoms with Gasteiger partial charge >= 0.3 is 0 Å². The number of thioether (sulfide) groups is 1. The van der Waals surface area contributed by atoms with Crippen LogP contribution >= 0.6 is 23.4 Å². The number of aromatic nitrogens is 3. The molecule has 1 N–H and O–H groups in total. The van der Waals surface area contributed by atoms with Crippen LogP contribution in [0.5, 0.6) is 0 Å². The van der Waals surface area contributed by atoms with E-state index in [-0.39, 0.29) is 5.56 Å². The van der Waals surface area contributed by atoms with E-state index in [1.807, 2.05) is 36.6 Å². The van der Waals surface area contributed by atoms with E-state index < -0.39 is 0 Å². The van der Waals surface area contributed by atoms with Crippen LogP contribution < -0.4 is 5.56 Å². The zero-order valence-corrected chi connectivity index (χ0v) is 14.8. The molecule has 0 amide bonds. The highest BCUT2D eigenvalue weighted by Gasteiger charge is 2.10. The Labute approximate surface area is 152 Å². The average Bonchev–Trinajstić information content (AvgIpc) is 3.00. The normalized spacial score (nSPS) is 11.8. The lowest BCUT2D eigenvalue weighted by Crippen LogP contribution is -2.17. The number of rotatable bonds is 3. The molecule has 0 saturated heterocycles. The van der Waals surface area contributed by atoms with E-state index in [4.69, 9.17) is 11.6 Å². The number of hydrogen-bond acceptors (Lipinski definition) is 4. The highest BCUT2D eigenvalue weighted by atomic mass is 35.5. The van der Waals surface area contributed by atoms with Gasteiger partial charge in [0.2, 0.25) is 0 Å². The van der Waals surface area contributed by atoms with Crippen molar-refractivity contribution in [2.75, 3.05) is 6.26 Å². The molecule has 0 bridgehead atoms. The molecule has 124 valence electrons. The molecule has 0 spiro atoms. The summed E-state index contributed by atoms with van der Waals surface area (Å²) in [6, 6.07) is 13.3. The summed E-state index contributed by atoms with van der Waals surface area (Å²) >= 11 is 7.71. The van der Waals surface area contributed by atoms with Gasteiger partial charge in [-0.2, -0.15) is 9.78 Å². The Morgan fingerprint density at radius 2 is 2.04 bits per heavy atom. The lowest BCUT2D eigenvalue weighted by Gasteiger charge is -1.99. The molecule has 4 rings (SSSR count). The third kappa shape index (κ3) is 2.94. The fourth-order valence-electron chi connectivity index (χ4n) is 2.62. The van der Waals surface area contributed by atoms with Crippen molar-refractivity contribution in [2.45, 2.75) is 4.90 Å². The summed E-state index contributed by atoms with van der Waals surface area (Å²) in [6.45, 7) is 0. The molecule has 5 nitrogen and oxygen atoms in total. The molecule has 0 atom stereocenters. The van der Waals surface area contributed by atoms with Gasteiger partial charge in [0.05, 0.1) is 6.21 Å². The first kappa shape index (κ1) is 15.9. The van der Waals surface area contributed by atoms with Crippen LogP contribution in [-0.4, -0.2) is 27.1 Å². The quantitative estimate of drug-likeness (QED) is 0.436. The fourth-order valence-corrected chi connectivity index (χ4v) is 3.20. The number of nitrogens with one attached hydrogen (secondary N) is 1. The van der Waals surface area contributed by atoms with Crippen molar-refractivity contribution in [3.05, 3.63) is 69.7 Å². The van der Waals surface area contributed by atoms with Crippen molar-refractivity contribution in [3.63, 3.8) is 0 Å². The number of aromatic amines is 1. The summed E-state index contributed by atoms with van der Waals surface area (Å²) in [5.41, 5.74) is 2.48. The monoisotopic (exact) mass is 368 g/mol. The summed E-state index contributed by atoms with van der Waals surface area (Å²) < 4.78 is 1.22. The zero-order chi connectivity index (χ0) is 17.4. The van der Waals surface area contributed by atoms with Gasteiger partial charge in [-0.15, -0.1) is 11.8 Å². The summed E-state index contributed by atoms with van der Waals surface area (Å²) in [5, 5.41) is 5.66. The van der Waals surface area contributed by atoms with Crippen molar-refractivity contribution in [1.29, 1.82) is 0 Å². The second-order valence-electron chi connectivity index (χ2n) is 5.45. The van der Waals surface area contributed by atoms with Crippen molar-refractivity contribution in [2.24, 2.45) is 5.10 Å². The van der Waals surface area contributed by atoms with E-state index in [0.29, 0.717) is 16.1 Å². The summed E-state index contributed by atoms with van der Waals surface area (Å²) in [5.74, 6) is 0. The zero-order valence-electron chi connectivity index (χ0n) is 13.2. The molecule has 2 aromatic carbocycles. The van der Waals surface area contributed by atoms with Gasteiger partial charge in [-0.25, -0.2) is 4.98 Å². The SMILES string of the molecule is CSc1ccc(/C=N\n2cnc3c([nH]c4ccc(Cl)cc43)c2=O)cc1. The highest BCUT2D eigenvalue weighted by molar-refractivity contribution is 7.98. The minimum Gasteiger partial charge on any atom is -0.349 e. The van der Waals surface area contributed by atoms with E-state index in [1.165, 1.54) is 15.9 Å². The largest absolute Gasteiger partial charge is 0.349 e. The lowest BCUT2D eigenvalue weighted by molar-refractivity contribution is 0.815. The smallest absolute Gasteiger partial charge is 0.298 e. The molecule has 2 aromatic heterocycles. The molecule has 25 heavy (non-hydrogen) atoms. The molecule has 0 aliphatic carbocycles. The topological polar surface area (TPSA) is 63.0 Å². The predicted molar refractivity (Wildman–Crippen MR) is 104 cm³/mol. The standard InChI is InChI=1S/C18H13ClN4OS/c1-25-13-5-2-11(3-6-13)9-21-23-10-20-16-14-8-12(19)4-7-15(14)22-17(16)18(23)24/h2-10,22H,1H3/b21-9-. The van der Waals surface area contributed by atoms with Crippen molar-refractivity contribution in [3.8, 4) is 0 Å². The molecule has 0 unspecified atom stereocenters. The Balaban J connectivity index is 1.77. The van der Waals surface area contributed by atoms with Crippen LogP contribution in [0, 0.1) is 0 Å². The molecule has 0 fully saturated rings. The minimum atomic E-state index is -0.255. The summed E-state index contributed by atoms with van der Waals surface area (Å²) in [7, 11) is 0. The Morgan fingerprint density at radius 3 is 2.80 bits per heavy atom. The summed E-state index contributed by atoms with van der Waals surface area (Å²) in [4.78, 5) is 21.3. The number of fused-ring (bicyclic) bond motifs is 3. The van der Waals surface area contributed by atoms with E-state index >= 15 is 0 Å². The van der Waals surface area contributed by atoms with Crippen molar-refractivity contribution >= 4 is 51.5 Å². The van der Waals surface area contributed by atoms with Crippen LogP contribution in [0.1, 0.15) is 5.56 Å². The van der Waals surface area contributed by atoms with Crippen LogP contribution in [0.15, 0.2) is 63.6 Å². The first-order chi connectivity index (χ1) is 12.2. The molecule has 2 heterocycles. The molecule has 0 radical (unpaired) electrons. The number of hydrogen-bond donors (Lipinski definition) is 1. The maximum absolute atomic E-state index is 12.6. The fraction of sp³-hybridized carbons (Fsp3) is 0.0556. The first-order valence-corrected chi connectivity index (χ1v) is 9.13. The third-order valence-corrected chi connectivity index (χ3v) is 4.88. The molecular formula is C18H13ClN4OS. The van der Waals surface area contributed by atoms with Crippen LogP contribution in [-0.2, 0) is 0 Å². The Hall–Kier alpha value is -2.57. The maximum atomic E-state index is 12.6. The van der Waals surface area contributed by atoms with E-state index in [2.05, 4.69) is 15.1 Å². The molecular weight excluding hydrogens is 356 g/mol. The van der Waals surface area contributed by atoms with Gasteiger partial charge in [0.25, 0.3) is 5.56 Å². The number of nitrogens with zero attached hydrogens (tertiary/aromatic N) is 3. The van der Waals surface area contributed by atoms with Crippen molar-refractivity contribution in [1.82, 2.24) is 14.6 Å². The van der Waals surface area contributed by atoms with Crippen LogP contribution in [0.2, 0.25) is 5.02 Å². The summed E-state index contributed by atoms with van der Waals surface area (Å²) in [6.07, 6.45) is 5.08. The Bertz CT molecular complexity index is 1160. The van der Waals surface area contributed by atoms with Crippen molar-refractivity contribution < 1.29 is 0 Å². The first-order valence-electron chi connectivity index (χ1n) is 7.53. The van der Waals surface area contributed by atoms with Gasteiger partial charge in [-0.05, 0) is 42.2 Å². The van der Waals surface area contributed by atoms with Gasteiger partial charge in [0.1, 0.15) is 17.4 Å². The average molecular weight is 369 g/mol. The molecule has 4 aromatic rings. The number of benzene rings is 2. The van der Waals surface area contributed by atoms with Crippen LogP contribution in [0.25, 0.3) is 21.9 Å². The second kappa shape index (κ2) is 6.38. The molecule has 0 aliphatic heterocycles. The third-order valence-electron chi connectivity index (χ3n) is 3.90.